The van der Waals surface area contributed by atoms with E-state index in [0.29, 0.717) is 18.5 Å². The van der Waals surface area contributed by atoms with Crippen LogP contribution in [0, 0.1) is 5.82 Å². The Morgan fingerprint density at radius 1 is 1.35 bits per heavy atom. The molecule has 0 aliphatic carbocycles. The maximum Gasteiger partial charge on any atom is 0.248 e. The highest BCUT2D eigenvalue weighted by Gasteiger charge is 2.09. The van der Waals surface area contributed by atoms with Gasteiger partial charge in [0.05, 0.1) is 5.69 Å². The number of benzene rings is 1. The number of ketones is 1. The molecule has 1 aromatic carbocycles. The summed E-state index contributed by atoms with van der Waals surface area (Å²) in [5.41, 5.74) is 0.378. The first-order valence-corrected chi connectivity index (χ1v) is 6.39. The summed E-state index contributed by atoms with van der Waals surface area (Å²) in [6.07, 6.45) is 3.35. The molecule has 20 heavy (non-hydrogen) atoms. The van der Waals surface area contributed by atoms with E-state index in [-0.39, 0.29) is 11.5 Å². The molecule has 0 heterocycles. The molecule has 0 atom stereocenters. The van der Waals surface area contributed by atoms with Crippen molar-refractivity contribution in [2.45, 2.75) is 13.3 Å². The molecular weight excluding hydrogens is 259 g/mol. The van der Waals surface area contributed by atoms with Crippen LogP contribution in [-0.2, 0) is 4.79 Å². The number of rotatable bonds is 6. The second kappa shape index (κ2) is 7.55. The maximum atomic E-state index is 13.8. The van der Waals surface area contributed by atoms with E-state index in [4.69, 9.17) is 0 Å². The number of likely N-dealkylation sites (N-methyl/N-ethyl adjacent to an activating group) is 1. The molecular formula is C15H19FN2O2. The summed E-state index contributed by atoms with van der Waals surface area (Å²) in [6, 6.07) is 4.05. The summed E-state index contributed by atoms with van der Waals surface area (Å²) in [7, 11) is 3.76. The van der Waals surface area contributed by atoms with Gasteiger partial charge in [-0.3, -0.25) is 9.59 Å². The maximum absolute atomic E-state index is 13.8. The molecule has 0 aliphatic heterocycles. The van der Waals surface area contributed by atoms with Gasteiger partial charge < -0.3 is 10.2 Å². The molecule has 0 bridgehead atoms. The van der Waals surface area contributed by atoms with Crippen molar-refractivity contribution in [3.63, 3.8) is 0 Å². The molecule has 4 nitrogen and oxygen atoms in total. The fourth-order valence-electron chi connectivity index (χ4n) is 1.54. The third-order valence-electron chi connectivity index (χ3n) is 2.61. The Morgan fingerprint density at radius 3 is 2.60 bits per heavy atom. The SMILES string of the molecule is CCC(=O)c1ccc(NC(=O)C=CCN(C)C)c(F)c1. The van der Waals surface area contributed by atoms with Crippen LogP contribution >= 0.6 is 0 Å². The van der Waals surface area contributed by atoms with E-state index in [1.165, 1.54) is 18.2 Å². The largest absolute Gasteiger partial charge is 0.320 e. The van der Waals surface area contributed by atoms with E-state index >= 15 is 0 Å². The lowest BCUT2D eigenvalue weighted by molar-refractivity contribution is -0.111. The predicted octanol–water partition coefficient (Wildman–Crippen LogP) is 2.47. The number of nitrogens with zero attached hydrogens (tertiary/aromatic N) is 1. The fourth-order valence-corrected chi connectivity index (χ4v) is 1.54. The van der Waals surface area contributed by atoms with Gasteiger partial charge in [-0.25, -0.2) is 4.39 Å². The third kappa shape index (κ3) is 4.93. The van der Waals surface area contributed by atoms with Gasteiger partial charge in [-0.1, -0.05) is 13.0 Å². The quantitative estimate of drug-likeness (QED) is 0.642. The first-order chi connectivity index (χ1) is 9.43. The van der Waals surface area contributed by atoms with Gasteiger partial charge in [-0.15, -0.1) is 0 Å². The third-order valence-corrected chi connectivity index (χ3v) is 2.61. The van der Waals surface area contributed by atoms with Crippen molar-refractivity contribution in [1.82, 2.24) is 4.90 Å². The summed E-state index contributed by atoms with van der Waals surface area (Å²) < 4.78 is 13.8. The van der Waals surface area contributed by atoms with Gasteiger partial charge in [-0.05, 0) is 32.3 Å². The zero-order valence-electron chi connectivity index (χ0n) is 11.9. The highest BCUT2D eigenvalue weighted by molar-refractivity contribution is 6.00. The van der Waals surface area contributed by atoms with Crippen LogP contribution < -0.4 is 5.32 Å². The van der Waals surface area contributed by atoms with Crippen molar-refractivity contribution >= 4 is 17.4 Å². The van der Waals surface area contributed by atoms with Crippen LogP contribution in [0.25, 0.3) is 0 Å². The minimum atomic E-state index is -0.612. The van der Waals surface area contributed by atoms with E-state index in [1.54, 1.807) is 13.0 Å². The van der Waals surface area contributed by atoms with Crippen molar-refractivity contribution in [3.8, 4) is 0 Å². The molecule has 5 heteroatoms. The second-order valence-electron chi connectivity index (χ2n) is 4.63. The molecule has 1 amide bonds. The molecule has 0 saturated carbocycles. The van der Waals surface area contributed by atoms with E-state index in [0.717, 1.165) is 6.07 Å². The Bertz CT molecular complexity index is 525. The summed E-state index contributed by atoms with van der Waals surface area (Å²) in [4.78, 5) is 24.9. The van der Waals surface area contributed by atoms with Crippen LogP contribution in [0.1, 0.15) is 23.7 Å². The van der Waals surface area contributed by atoms with Crippen LogP contribution in [-0.4, -0.2) is 37.2 Å². The number of carbonyl (C=O) groups excluding carboxylic acids is 2. The fraction of sp³-hybridized carbons (Fsp3) is 0.333. The van der Waals surface area contributed by atoms with Crippen LogP contribution in [0.5, 0.6) is 0 Å². The minimum Gasteiger partial charge on any atom is -0.320 e. The molecule has 1 rings (SSSR count). The number of Topliss-reactive ketones (excluding diaryl/α,β-unsaturated/α-hetero) is 1. The van der Waals surface area contributed by atoms with E-state index in [9.17, 15) is 14.0 Å². The van der Waals surface area contributed by atoms with Crippen molar-refractivity contribution in [3.05, 3.63) is 41.7 Å². The lowest BCUT2D eigenvalue weighted by Gasteiger charge is -2.06. The number of anilines is 1. The van der Waals surface area contributed by atoms with Crippen LogP contribution in [0.2, 0.25) is 0 Å². The lowest BCUT2D eigenvalue weighted by Crippen LogP contribution is -2.13. The number of halogens is 1. The van der Waals surface area contributed by atoms with Gasteiger partial charge in [0.25, 0.3) is 0 Å². The van der Waals surface area contributed by atoms with Crippen molar-refractivity contribution in [1.29, 1.82) is 0 Å². The molecule has 1 N–H and O–H groups in total. The molecule has 0 fully saturated rings. The smallest absolute Gasteiger partial charge is 0.248 e. The first kappa shape index (κ1) is 16.0. The lowest BCUT2D eigenvalue weighted by atomic mass is 10.1. The topological polar surface area (TPSA) is 49.4 Å². The normalized spacial score (nSPS) is 11.1. The standard InChI is InChI=1S/C15H19FN2O2/c1-4-14(19)11-7-8-13(12(16)10-11)17-15(20)6-5-9-18(2)3/h5-8,10H,4,9H2,1-3H3,(H,17,20). The molecule has 0 unspecified atom stereocenters. The highest BCUT2D eigenvalue weighted by atomic mass is 19.1. The van der Waals surface area contributed by atoms with Crippen LogP contribution in [0.15, 0.2) is 30.4 Å². The molecule has 0 aromatic heterocycles. The van der Waals surface area contributed by atoms with Crippen molar-refractivity contribution in [2.75, 3.05) is 26.0 Å². The average molecular weight is 278 g/mol. The van der Waals surface area contributed by atoms with Gasteiger partial charge in [0.15, 0.2) is 5.78 Å². The molecule has 0 saturated heterocycles. The molecule has 1 aromatic rings. The average Bonchev–Trinajstić information content (AvgIpc) is 2.39. The van der Waals surface area contributed by atoms with E-state index in [2.05, 4.69) is 5.32 Å². The van der Waals surface area contributed by atoms with E-state index in [1.807, 2.05) is 19.0 Å². The summed E-state index contributed by atoms with van der Waals surface area (Å²) in [5, 5.41) is 2.44. The number of hydrogen-bond donors (Lipinski definition) is 1. The van der Waals surface area contributed by atoms with Gasteiger partial charge in [0.2, 0.25) is 5.91 Å². The molecule has 0 spiro atoms. The summed E-state index contributed by atoms with van der Waals surface area (Å²) in [6.45, 7) is 2.34. The van der Waals surface area contributed by atoms with Crippen molar-refractivity contribution in [2.24, 2.45) is 0 Å². The van der Waals surface area contributed by atoms with E-state index < -0.39 is 11.7 Å². The first-order valence-electron chi connectivity index (χ1n) is 6.39. The molecule has 0 aliphatic rings. The molecule has 0 radical (unpaired) electrons. The Hall–Kier alpha value is -2.01. The van der Waals surface area contributed by atoms with Gasteiger partial charge in [0.1, 0.15) is 5.82 Å². The minimum absolute atomic E-state index is 0.0668. The van der Waals surface area contributed by atoms with Crippen molar-refractivity contribution < 1.29 is 14.0 Å². The van der Waals surface area contributed by atoms with Gasteiger partial charge >= 0.3 is 0 Å². The number of nitrogens with one attached hydrogen (secondary N) is 1. The van der Waals surface area contributed by atoms with Gasteiger partial charge in [0, 0.05) is 24.6 Å². The van der Waals surface area contributed by atoms with Crippen LogP contribution in [0.3, 0.4) is 0 Å². The Balaban J connectivity index is 2.71. The summed E-state index contributed by atoms with van der Waals surface area (Å²) in [5.74, 6) is -1.15. The Labute approximate surface area is 118 Å². The second-order valence-corrected chi connectivity index (χ2v) is 4.63. The van der Waals surface area contributed by atoms with Crippen LogP contribution in [0.4, 0.5) is 10.1 Å². The number of carbonyl (C=O) groups is 2. The number of hydrogen-bond acceptors (Lipinski definition) is 3. The zero-order valence-corrected chi connectivity index (χ0v) is 11.9. The summed E-state index contributed by atoms with van der Waals surface area (Å²) >= 11 is 0. The molecule has 108 valence electrons. The monoisotopic (exact) mass is 278 g/mol. The Morgan fingerprint density at radius 2 is 2.05 bits per heavy atom. The predicted molar refractivity (Wildman–Crippen MR) is 77.3 cm³/mol. The highest BCUT2D eigenvalue weighted by Crippen LogP contribution is 2.16. The number of amides is 1. The Kier molecular flexibility index (Phi) is 6.06. The zero-order chi connectivity index (χ0) is 15.1. The van der Waals surface area contributed by atoms with Gasteiger partial charge in [-0.2, -0.15) is 0 Å².